The van der Waals surface area contributed by atoms with Gasteiger partial charge in [-0.3, -0.25) is 30.0 Å². The number of carbonyl (C=O) groups is 4. The maximum atomic E-state index is 11.8. The van der Waals surface area contributed by atoms with Crippen LogP contribution in [0.15, 0.2) is 0 Å². The van der Waals surface area contributed by atoms with E-state index in [-0.39, 0.29) is 12.3 Å². The van der Waals surface area contributed by atoms with Crippen molar-refractivity contribution in [1.82, 2.24) is 15.9 Å². The zero-order valence-corrected chi connectivity index (χ0v) is 13.3. The van der Waals surface area contributed by atoms with Crippen LogP contribution in [0.1, 0.15) is 65.2 Å². The second-order valence-electron chi connectivity index (χ2n) is 5.10. The van der Waals surface area contributed by atoms with Crippen molar-refractivity contribution in [3.8, 4) is 0 Å². The Kier molecular flexibility index (Phi) is 10.6. The molecule has 22 heavy (non-hydrogen) atoms. The molecular formula is C14H26N4O4. The van der Waals surface area contributed by atoms with E-state index in [0.29, 0.717) is 12.8 Å². The molecule has 0 saturated heterocycles. The van der Waals surface area contributed by atoms with E-state index in [4.69, 9.17) is 5.84 Å². The van der Waals surface area contributed by atoms with Crippen molar-refractivity contribution in [3.63, 3.8) is 0 Å². The van der Waals surface area contributed by atoms with Crippen molar-refractivity contribution >= 4 is 23.6 Å². The van der Waals surface area contributed by atoms with Gasteiger partial charge in [0.15, 0.2) is 0 Å². The fourth-order valence-corrected chi connectivity index (χ4v) is 1.93. The van der Waals surface area contributed by atoms with Gasteiger partial charge in [-0.1, -0.05) is 25.7 Å². The lowest BCUT2D eigenvalue weighted by Gasteiger charge is -2.18. The highest BCUT2D eigenvalue weighted by Crippen LogP contribution is 2.09. The minimum Gasteiger partial charge on any atom is -0.294 e. The van der Waals surface area contributed by atoms with Gasteiger partial charge < -0.3 is 0 Å². The molecule has 4 N–H and O–H groups in total. The molecule has 0 saturated carbocycles. The van der Waals surface area contributed by atoms with Gasteiger partial charge in [0, 0.05) is 26.7 Å². The number of carbonyl (C=O) groups excluding carboxylic acids is 4. The van der Waals surface area contributed by atoms with Crippen LogP contribution < -0.4 is 16.7 Å². The van der Waals surface area contributed by atoms with Crippen molar-refractivity contribution in [1.29, 1.82) is 0 Å². The third-order valence-electron chi connectivity index (χ3n) is 3.04. The van der Waals surface area contributed by atoms with E-state index in [0.717, 1.165) is 37.1 Å². The molecule has 8 heteroatoms. The van der Waals surface area contributed by atoms with Gasteiger partial charge in [-0.25, -0.2) is 5.84 Å². The number of rotatable bonds is 9. The van der Waals surface area contributed by atoms with Crippen molar-refractivity contribution in [2.24, 2.45) is 5.84 Å². The number of hydrogen-bond acceptors (Lipinski definition) is 5. The van der Waals surface area contributed by atoms with Crippen LogP contribution in [0, 0.1) is 0 Å². The molecule has 0 spiro atoms. The predicted molar refractivity (Wildman–Crippen MR) is 80.6 cm³/mol. The van der Waals surface area contributed by atoms with Crippen LogP contribution in [0.3, 0.4) is 0 Å². The average Bonchev–Trinajstić information content (AvgIpc) is 2.46. The van der Waals surface area contributed by atoms with E-state index >= 15 is 0 Å². The highest BCUT2D eigenvalue weighted by molar-refractivity contribution is 5.95. The highest BCUT2D eigenvalue weighted by Gasteiger charge is 2.18. The summed E-state index contributed by atoms with van der Waals surface area (Å²) in [5.41, 5.74) is 4.29. The van der Waals surface area contributed by atoms with Gasteiger partial charge in [0.05, 0.1) is 0 Å². The molecule has 126 valence electrons. The molecule has 0 rings (SSSR count). The molecule has 0 fully saturated rings. The summed E-state index contributed by atoms with van der Waals surface area (Å²) in [7, 11) is 0. The summed E-state index contributed by atoms with van der Waals surface area (Å²) in [6.07, 6.45) is 5.84. The van der Waals surface area contributed by atoms with Gasteiger partial charge in [-0.15, -0.1) is 0 Å². The van der Waals surface area contributed by atoms with E-state index < -0.39 is 17.7 Å². The molecule has 0 aliphatic heterocycles. The molecule has 0 atom stereocenters. The van der Waals surface area contributed by atoms with Gasteiger partial charge in [0.1, 0.15) is 0 Å². The monoisotopic (exact) mass is 314 g/mol. The van der Waals surface area contributed by atoms with Crippen LogP contribution >= 0.6 is 0 Å². The van der Waals surface area contributed by atoms with Gasteiger partial charge in [0.25, 0.3) is 0 Å². The summed E-state index contributed by atoms with van der Waals surface area (Å²) in [6.45, 7) is 2.47. The summed E-state index contributed by atoms with van der Waals surface area (Å²) in [5.74, 6) is 3.46. The minimum atomic E-state index is -0.501. The first kappa shape index (κ1) is 20.0. The lowest BCUT2D eigenvalue weighted by molar-refractivity contribution is -0.151. The first-order valence-electron chi connectivity index (χ1n) is 7.48. The smallest absolute Gasteiger partial charge is 0.248 e. The number of nitrogens with zero attached hydrogens (tertiary/aromatic N) is 1. The van der Waals surface area contributed by atoms with Gasteiger partial charge >= 0.3 is 0 Å². The number of amides is 4. The molecule has 0 aliphatic rings. The third-order valence-corrected chi connectivity index (χ3v) is 3.04. The Morgan fingerprint density at radius 2 is 1.36 bits per heavy atom. The Morgan fingerprint density at radius 3 is 1.82 bits per heavy atom. The lowest BCUT2D eigenvalue weighted by Crippen LogP contribution is -2.48. The van der Waals surface area contributed by atoms with Crippen LogP contribution in [0.25, 0.3) is 0 Å². The Labute approximate surface area is 130 Å². The molecule has 0 aromatic heterocycles. The van der Waals surface area contributed by atoms with E-state index in [2.05, 4.69) is 10.9 Å². The van der Waals surface area contributed by atoms with Crippen molar-refractivity contribution in [3.05, 3.63) is 0 Å². The van der Waals surface area contributed by atoms with Crippen LogP contribution in [-0.4, -0.2) is 28.6 Å². The fraction of sp³-hybridized carbons (Fsp3) is 0.714. The zero-order valence-electron chi connectivity index (χ0n) is 13.3. The summed E-state index contributed by atoms with van der Waals surface area (Å²) in [5, 5.41) is 0.758. The van der Waals surface area contributed by atoms with Gasteiger partial charge in [-0.2, -0.15) is 5.01 Å². The predicted octanol–water partition coefficient (Wildman–Crippen LogP) is 0.523. The number of hydrazine groups is 2. The Bertz CT molecular complexity index is 398. The van der Waals surface area contributed by atoms with Crippen LogP contribution in [-0.2, 0) is 19.2 Å². The molecule has 0 aromatic carbocycles. The zero-order chi connectivity index (χ0) is 17.0. The fourth-order valence-electron chi connectivity index (χ4n) is 1.93. The molecule has 0 aromatic rings. The maximum Gasteiger partial charge on any atom is 0.248 e. The molecule has 0 bridgehead atoms. The van der Waals surface area contributed by atoms with Gasteiger partial charge in [-0.05, 0) is 12.8 Å². The molecule has 0 aliphatic carbocycles. The van der Waals surface area contributed by atoms with Crippen molar-refractivity contribution < 1.29 is 19.2 Å². The standard InChI is InChI=1S/C14H26N4O4/c1-11(19)17-18(12(2)20)14(22)10-8-6-4-3-5-7-9-13(21)16-15/h3-10,15H2,1-2H3,(H,16,21)(H,17,19). The van der Waals surface area contributed by atoms with Gasteiger partial charge in [0.2, 0.25) is 23.6 Å². The van der Waals surface area contributed by atoms with Crippen LogP contribution in [0.5, 0.6) is 0 Å². The number of hydrogen-bond donors (Lipinski definition) is 3. The van der Waals surface area contributed by atoms with Crippen LogP contribution in [0.4, 0.5) is 0 Å². The number of nitrogens with one attached hydrogen (secondary N) is 2. The Morgan fingerprint density at radius 1 is 0.864 bits per heavy atom. The second-order valence-corrected chi connectivity index (χ2v) is 5.10. The van der Waals surface area contributed by atoms with Crippen molar-refractivity contribution in [2.45, 2.75) is 65.2 Å². The summed E-state index contributed by atoms with van der Waals surface area (Å²) in [6, 6.07) is 0. The Hall–Kier alpha value is -1.96. The maximum absolute atomic E-state index is 11.8. The number of unbranched alkanes of at least 4 members (excludes halogenated alkanes) is 5. The van der Waals surface area contributed by atoms with Crippen molar-refractivity contribution in [2.75, 3.05) is 0 Å². The molecule has 8 nitrogen and oxygen atoms in total. The second kappa shape index (κ2) is 11.7. The number of imide groups is 1. The SMILES string of the molecule is CC(=O)NN(C(C)=O)C(=O)CCCCCCCCC(=O)NN. The molecule has 0 heterocycles. The first-order chi connectivity index (χ1) is 10.4. The lowest BCUT2D eigenvalue weighted by atomic mass is 10.1. The topological polar surface area (TPSA) is 122 Å². The number of nitrogens with two attached hydrogens (primary N) is 1. The average molecular weight is 314 g/mol. The summed E-state index contributed by atoms with van der Waals surface area (Å²) in [4.78, 5) is 44.9. The first-order valence-corrected chi connectivity index (χ1v) is 7.48. The van der Waals surface area contributed by atoms with E-state index in [9.17, 15) is 19.2 Å². The Balaban J connectivity index is 3.73. The minimum absolute atomic E-state index is 0.159. The third kappa shape index (κ3) is 9.87. The highest BCUT2D eigenvalue weighted by atomic mass is 16.2. The van der Waals surface area contributed by atoms with Crippen LogP contribution in [0.2, 0.25) is 0 Å². The summed E-state index contributed by atoms with van der Waals surface area (Å²) < 4.78 is 0. The van der Waals surface area contributed by atoms with E-state index in [1.54, 1.807) is 0 Å². The quantitative estimate of drug-likeness (QED) is 0.248. The van der Waals surface area contributed by atoms with E-state index in [1.807, 2.05) is 0 Å². The molecule has 0 unspecified atom stereocenters. The molecule has 0 radical (unpaired) electrons. The molecule has 4 amide bonds. The summed E-state index contributed by atoms with van der Waals surface area (Å²) >= 11 is 0. The normalized spacial score (nSPS) is 9.95. The molecular weight excluding hydrogens is 288 g/mol. The largest absolute Gasteiger partial charge is 0.294 e. The van der Waals surface area contributed by atoms with E-state index in [1.165, 1.54) is 13.8 Å².